The first-order valence-corrected chi connectivity index (χ1v) is 5.65. The van der Waals surface area contributed by atoms with Crippen LogP contribution < -0.4 is 5.43 Å². The fraction of sp³-hybridized carbons (Fsp3) is 0.333. The summed E-state index contributed by atoms with van der Waals surface area (Å²) in [7, 11) is 7.09. The normalized spacial score (nSPS) is 10.3. The van der Waals surface area contributed by atoms with E-state index >= 15 is 0 Å². The number of pyridine rings is 1. The Hall–Kier alpha value is -2.44. The molecule has 2 N–H and O–H groups in total. The highest BCUT2D eigenvalue weighted by molar-refractivity contribution is 5.97. The molecule has 0 spiro atoms. The Morgan fingerprint density at radius 1 is 1.32 bits per heavy atom. The molecule has 19 heavy (non-hydrogen) atoms. The largest absolute Gasteiger partial charge is 0.367 e. The van der Waals surface area contributed by atoms with E-state index in [2.05, 4.69) is 15.5 Å². The maximum absolute atomic E-state index is 11.8. The quantitative estimate of drug-likeness (QED) is 0.461. The summed E-state index contributed by atoms with van der Waals surface area (Å²) >= 11 is 0. The molecule has 0 radical (unpaired) electrons. The van der Waals surface area contributed by atoms with Gasteiger partial charge in [-0.1, -0.05) is 6.07 Å². The number of hydrogen-bond acceptors (Lipinski definition) is 4. The predicted octanol–water partition coefficient (Wildman–Crippen LogP) is 0.203. The van der Waals surface area contributed by atoms with Crippen molar-refractivity contribution in [1.29, 1.82) is 5.41 Å². The third-order valence-electron chi connectivity index (χ3n) is 2.13. The van der Waals surface area contributed by atoms with Gasteiger partial charge in [0, 0.05) is 28.2 Å². The zero-order chi connectivity index (χ0) is 14.4. The van der Waals surface area contributed by atoms with Crippen LogP contribution in [0.4, 0.5) is 0 Å². The predicted molar refractivity (Wildman–Crippen MR) is 74.4 cm³/mol. The van der Waals surface area contributed by atoms with Crippen LogP contribution in [0.2, 0.25) is 0 Å². The Balaban J connectivity index is 2.82. The van der Waals surface area contributed by atoms with Crippen molar-refractivity contribution in [3.8, 4) is 0 Å². The van der Waals surface area contributed by atoms with Crippen molar-refractivity contribution in [1.82, 2.24) is 20.2 Å². The molecule has 0 fully saturated rings. The molecule has 0 aliphatic carbocycles. The summed E-state index contributed by atoms with van der Waals surface area (Å²) in [5, 5.41) is 11.6. The van der Waals surface area contributed by atoms with E-state index in [1.807, 2.05) is 0 Å². The minimum absolute atomic E-state index is 0.222. The highest BCUT2D eigenvalue weighted by Crippen LogP contribution is 2.02. The standard InChI is InChI=1S/C12H18N6O/c1-17(2)8-14-16-12(19)10-7-5-6-9(15-10)11(13)18(3)4/h5-8,13H,1-4H3,(H,16,19)/b13-11?,14-8+. The first-order valence-electron chi connectivity index (χ1n) is 5.65. The van der Waals surface area contributed by atoms with Gasteiger partial charge >= 0.3 is 0 Å². The van der Waals surface area contributed by atoms with Crippen molar-refractivity contribution >= 4 is 18.1 Å². The van der Waals surface area contributed by atoms with Crippen molar-refractivity contribution in [3.63, 3.8) is 0 Å². The number of amidine groups is 1. The van der Waals surface area contributed by atoms with Gasteiger partial charge in [0.1, 0.15) is 23.6 Å². The summed E-state index contributed by atoms with van der Waals surface area (Å²) in [4.78, 5) is 19.2. The number of nitrogens with one attached hydrogen (secondary N) is 2. The first-order chi connectivity index (χ1) is 8.91. The second kappa shape index (κ2) is 6.48. The van der Waals surface area contributed by atoms with Gasteiger partial charge in [-0.3, -0.25) is 10.2 Å². The molecule has 1 aromatic rings. The van der Waals surface area contributed by atoms with Crippen LogP contribution in [0, 0.1) is 5.41 Å². The molecule has 0 unspecified atom stereocenters. The van der Waals surface area contributed by atoms with Crippen LogP contribution in [-0.2, 0) is 0 Å². The zero-order valence-electron chi connectivity index (χ0n) is 11.5. The van der Waals surface area contributed by atoms with Crippen LogP contribution in [0.5, 0.6) is 0 Å². The Labute approximate surface area is 112 Å². The van der Waals surface area contributed by atoms with Crippen molar-refractivity contribution in [2.75, 3.05) is 28.2 Å². The molecule has 102 valence electrons. The molecular weight excluding hydrogens is 244 g/mol. The van der Waals surface area contributed by atoms with E-state index < -0.39 is 5.91 Å². The number of hydrazone groups is 1. The lowest BCUT2D eigenvalue weighted by atomic mass is 10.2. The average molecular weight is 262 g/mol. The summed E-state index contributed by atoms with van der Waals surface area (Å²) in [6, 6.07) is 4.94. The third-order valence-corrected chi connectivity index (χ3v) is 2.13. The Morgan fingerprint density at radius 2 is 1.95 bits per heavy atom. The van der Waals surface area contributed by atoms with Crippen molar-refractivity contribution < 1.29 is 4.79 Å². The van der Waals surface area contributed by atoms with Crippen LogP contribution in [0.1, 0.15) is 16.2 Å². The van der Waals surface area contributed by atoms with Crippen LogP contribution >= 0.6 is 0 Å². The van der Waals surface area contributed by atoms with Gasteiger partial charge in [0.2, 0.25) is 0 Å². The van der Waals surface area contributed by atoms with E-state index in [0.29, 0.717) is 5.69 Å². The second-order valence-corrected chi connectivity index (χ2v) is 4.30. The number of carbonyl (C=O) groups is 1. The van der Waals surface area contributed by atoms with Crippen LogP contribution in [0.3, 0.4) is 0 Å². The lowest BCUT2D eigenvalue weighted by Crippen LogP contribution is -2.25. The molecule has 7 nitrogen and oxygen atoms in total. The zero-order valence-corrected chi connectivity index (χ0v) is 11.5. The van der Waals surface area contributed by atoms with Gasteiger partial charge in [-0.2, -0.15) is 5.10 Å². The van der Waals surface area contributed by atoms with Gasteiger partial charge < -0.3 is 9.80 Å². The molecule has 7 heteroatoms. The third kappa shape index (κ3) is 4.38. The number of aromatic nitrogens is 1. The molecule has 0 saturated carbocycles. The molecule has 1 aromatic heterocycles. The molecule has 0 aliphatic rings. The highest BCUT2D eigenvalue weighted by atomic mass is 16.2. The van der Waals surface area contributed by atoms with E-state index in [-0.39, 0.29) is 11.5 Å². The number of carbonyl (C=O) groups excluding carboxylic acids is 1. The maximum atomic E-state index is 11.8. The smallest absolute Gasteiger partial charge is 0.290 e. The SMILES string of the molecule is CN(C)/C=N/NC(=O)c1cccc(C(=N)N(C)C)n1. The molecule has 0 saturated heterocycles. The van der Waals surface area contributed by atoms with E-state index in [0.717, 1.165) is 0 Å². The molecular formula is C12H18N6O. The molecule has 0 aromatic carbocycles. The Bertz CT molecular complexity index is 495. The first kappa shape index (κ1) is 14.6. The van der Waals surface area contributed by atoms with E-state index in [9.17, 15) is 4.79 Å². The molecule has 0 bridgehead atoms. The van der Waals surface area contributed by atoms with Gasteiger partial charge in [-0.25, -0.2) is 10.4 Å². The average Bonchev–Trinajstić information content (AvgIpc) is 2.37. The Morgan fingerprint density at radius 3 is 2.53 bits per heavy atom. The summed E-state index contributed by atoms with van der Waals surface area (Å²) in [6.45, 7) is 0. The van der Waals surface area contributed by atoms with Gasteiger partial charge in [0.15, 0.2) is 0 Å². The maximum Gasteiger partial charge on any atom is 0.290 e. The minimum Gasteiger partial charge on any atom is -0.367 e. The van der Waals surface area contributed by atoms with Crippen LogP contribution in [-0.4, -0.2) is 61.1 Å². The fourth-order valence-corrected chi connectivity index (χ4v) is 1.18. The van der Waals surface area contributed by atoms with Crippen LogP contribution in [0.15, 0.2) is 23.3 Å². The lowest BCUT2D eigenvalue weighted by Gasteiger charge is -2.13. The van der Waals surface area contributed by atoms with E-state index in [1.165, 1.54) is 6.34 Å². The van der Waals surface area contributed by atoms with Gasteiger partial charge in [-0.05, 0) is 12.1 Å². The van der Waals surface area contributed by atoms with E-state index in [1.54, 1.807) is 56.2 Å². The number of nitrogens with zero attached hydrogens (tertiary/aromatic N) is 4. The van der Waals surface area contributed by atoms with Crippen LogP contribution in [0.25, 0.3) is 0 Å². The second-order valence-electron chi connectivity index (χ2n) is 4.30. The summed E-state index contributed by atoms with van der Waals surface area (Å²) < 4.78 is 0. The lowest BCUT2D eigenvalue weighted by molar-refractivity contribution is 0.0949. The van der Waals surface area contributed by atoms with Crippen molar-refractivity contribution in [2.24, 2.45) is 5.10 Å². The summed E-state index contributed by atoms with van der Waals surface area (Å²) in [5.41, 5.74) is 3.03. The monoisotopic (exact) mass is 262 g/mol. The van der Waals surface area contributed by atoms with Gasteiger partial charge in [-0.15, -0.1) is 0 Å². The molecule has 1 heterocycles. The van der Waals surface area contributed by atoms with Gasteiger partial charge in [0.25, 0.3) is 5.91 Å². The van der Waals surface area contributed by atoms with Crippen molar-refractivity contribution in [2.45, 2.75) is 0 Å². The summed E-state index contributed by atoms with van der Waals surface area (Å²) in [6.07, 6.45) is 1.48. The number of hydrogen-bond donors (Lipinski definition) is 2. The fourth-order valence-electron chi connectivity index (χ4n) is 1.18. The van der Waals surface area contributed by atoms with Gasteiger partial charge in [0.05, 0.1) is 0 Å². The molecule has 0 atom stereocenters. The summed E-state index contributed by atoms with van der Waals surface area (Å²) in [5.74, 6) is -0.169. The topological polar surface area (TPSA) is 84.7 Å². The Kier molecular flexibility index (Phi) is 4.99. The molecule has 1 amide bonds. The highest BCUT2D eigenvalue weighted by Gasteiger charge is 2.10. The number of rotatable bonds is 4. The molecule has 0 aliphatic heterocycles. The molecule has 1 rings (SSSR count). The minimum atomic E-state index is -0.411. The van der Waals surface area contributed by atoms with E-state index in [4.69, 9.17) is 5.41 Å². The van der Waals surface area contributed by atoms with Crippen molar-refractivity contribution in [3.05, 3.63) is 29.6 Å². The number of amides is 1.